The standard InChI is InChI=1S/C25H18O/c1-17-11-12-19(15-23(17)18-7-3-2-4-8-18)20-13-14-22-21-9-5-6-10-24(21)26-25(22)16-20/h2-16H,1H3. The SMILES string of the molecule is Cc1ccc(-c2ccc3c(c2)oc2ccccc23)cc1-c1ccccc1. The highest BCUT2D eigenvalue weighted by molar-refractivity contribution is 6.05. The Morgan fingerprint density at radius 1 is 0.538 bits per heavy atom. The highest BCUT2D eigenvalue weighted by Gasteiger charge is 2.09. The zero-order valence-electron chi connectivity index (χ0n) is 14.6. The summed E-state index contributed by atoms with van der Waals surface area (Å²) in [5.74, 6) is 0. The van der Waals surface area contributed by atoms with Gasteiger partial charge in [-0.1, -0.05) is 66.7 Å². The number of hydrogen-bond donors (Lipinski definition) is 0. The summed E-state index contributed by atoms with van der Waals surface area (Å²) in [6, 6.07) is 31.9. The Kier molecular flexibility index (Phi) is 3.39. The Morgan fingerprint density at radius 2 is 1.23 bits per heavy atom. The van der Waals surface area contributed by atoms with Crippen LogP contribution in [-0.2, 0) is 0 Å². The second kappa shape index (κ2) is 5.89. The van der Waals surface area contributed by atoms with E-state index in [1.54, 1.807) is 0 Å². The van der Waals surface area contributed by atoms with Crippen LogP contribution >= 0.6 is 0 Å². The first-order chi connectivity index (χ1) is 12.8. The predicted octanol–water partition coefficient (Wildman–Crippen LogP) is 7.23. The van der Waals surface area contributed by atoms with Gasteiger partial charge in [0, 0.05) is 10.8 Å². The Hall–Kier alpha value is -3.32. The van der Waals surface area contributed by atoms with Gasteiger partial charge in [0.15, 0.2) is 0 Å². The highest BCUT2D eigenvalue weighted by atomic mass is 16.3. The molecule has 5 rings (SSSR count). The fraction of sp³-hybridized carbons (Fsp3) is 0.0400. The normalized spacial score (nSPS) is 11.3. The van der Waals surface area contributed by atoms with Crippen LogP contribution in [0.4, 0.5) is 0 Å². The average Bonchev–Trinajstić information content (AvgIpc) is 3.07. The minimum Gasteiger partial charge on any atom is -0.456 e. The van der Waals surface area contributed by atoms with E-state index in [0.717, 1.165) is 11.2 Å². The van der Waals surface area contributed by atoms with Crippen LogP contribution in [0.25, 0.3) is 44.2 Å². The molecule has 0 aliphatic carbocycles. The summed E-state index contributed by atoms with van der Waals surface area (Å²) in [4.78, 5) is 0. The summed E-state index contributed by atoms with van der Waals surface area (Å²) in [6.45, 7) is 2.16. The molecule has 1 nitrogen and oxygen atoms in total. The van der Waals surface area contributed by atoms with Crippen molar-refractivity contribution in [3.05, 3.63) is 96.6 Å². The zero-order valence-corrected chi connectivity index (χ0v) is 14.6. The maximum absolute atomic E-state index is 6.05. The van der Waals surface area contributed by atoms with Crippen LogP contribution in [0, 0.1) is 6.92 Å². The van der Waals surface area contributed by atoms with Gasteiger partial charge >= 0.3 is 0 Å². The van der Waals surface area contributed by atoms with Crippen molar-refractivity contribution >= 4 is 21.9 Å². The molecule has 0 unspecified atom stereocenters. The van der Waals surface area contributed by atoms with E-state index >= 15 is 0 Å². The molecular weight excluding hydrogens is 316 g/mol. The van der Waals surface area contributed by atoms with Gasteiger partial charge in [0.25, 0.3) is 0 Å². The molecule has 0 atom stereocenters. The van der Waals surface area contributed by atoms with Crippen molar-refractivity contribution in [2.24, 2.45) is 0 Å². The average molecular weight is 334 g/mol. The molecule has 1 heterocycles. The largest absolute Gasteiger partial charge is 0.456 e. The number of para-hydroxylation sites is 1. The number of aryl methyl sites for hydroxylation is 1. The topological polar surface area (TPSA) is 13.1 Å². The van der Waals surface area contributed by atoms with Gasteiger partial charge in [0.2, 0.25) is 0 Å². The molecule has 124 valence electrons. The van der Waals surface area contributed by atoms with E-state index in [1.807, 2.05) is 12.1 Å². The minimum atomic E-state index is 0.936. The Balaban J connectivity index is 1.67. The Labute approximate surface area is 152 Å². The van der Waals surface area contributed by atoms with Crippen LogP contribution in [0.1, 0.15) is 5.56 Å². The van der Waals surface area contributed by atoms with Crippen molar-refractivity contribution in [1.29, 1.82) is 0 Å². The molecule has 1 aromatic heterocycles. The van der Waals surface area contributed by atoms with Crippen molar-refractivity contribution < 1.29 is 4.42 Å². The molecular formula is C25H18O. The lowest BCUT2D eigenvalue weighted by Gasteiger charge is -2.10. The van der Waals surface area contributed by atoms with Crippen LogP contribution in [0.5, 0.6) is 0 Å². The van der Waals surface area contributed by atoms with Crippen molar-refractivity contribution in [2.45, 2.75) is 6.92 Å². The molecule has 0 amide bonds. The van der Waals surface area contributed by atoms with E-state index in [9.17, 15) is 0 Å². The van der Waals surface area contributed by atoms with Crippen LogP contribution < -0.4 is 0 Å². The third kappa shape index (κ3) is 2.41. The molecule has 0 N–H and O–H groups in total. The number of rotatable bonds is 2. The van der Waals surface area contributed by atoms with E-state index in [1.165, 1.54) is 38.6 Å². The maximum Gasteiger partial charge on any atom is 0.136 e. The van der Waals surface area contributed by atoms with Gasteiger partial charge in [-0.2, -0.15) is 0 Å². The molecule has 0 radical (unpaired) electrons. The van der Waals surface area contributed by atoms with Gasteiger partial charge in [0.1, 0.15) is 11.2 Å². The van der Waals surface area contributed by atoms with E-state index in [2.05, 4.69) is 85.8 Å². The molecule has 0 saturated heterocycles. The summed E-state index contributed by atoms with van der Waals surface area (Å²) in [5.41, 5.74) is 8.05. The monoisotopic (exact) mass is 334 g/mol. The molecule has 4 aromatic carbocycles. The van der Waals surface area contributed by atoms with E-state index in [4.69, 9.17) is 4.42 Å². The second-order valence-electron chi connectivity index (χ2n) is 6.70. The highest BCUT2D eigenvalue weighted by Crippen LogP contribution is 2.34. The van der Waals surface area contributed by atoms with E-state index < -0.39 is 0 Å². The van der Waals surface area contributed by atoms with E-state index in [0.29, 0.717) is 0 Å². The second-order valence-corrected chi connectivity index (χ2v) is 6.70. The molecule has 5 aromatic rings. The summed E-state index contributed by atoms with van der Waals surface area (Å²) in [5, 5.41) is 2.34. The zero-order chi connectivity index (χ0) is 17.5. The third-order valence-electron chi connectivity index (χ3n) is 5.03. The fourth-order valence-corrected chi connectivity index (χ4v) is 3.64. The fourth-order valence-electron chi connectivity index (χ4n) is 3.64. The number of furan rings is 1. The third-order valence-corrected chi connectivity index (χ3v) is 5.03. The van der Waals surface area contributed by atoms with Gasteiger partial charge < -0.3 is 4.42 Å². The predicted molar refractivity (Wildman–Crippen MR) is 109 cm³/mol. The summed E-state index contributed by atoms with van der Waals surface area (Å²) in [7, 11) is 0. The molecule has 0 spiro atoms. The Morgan fingerprint density at radius 3 is 2.12 bits per heavy atom. The molecule has 0 saturated carbocycles. The molecule has 0 aliphatic heterocycles. The summed E-state index contributed by atoms with van der Waals surface area (Å²) in [6.07, 6.45) is 0. The van der Waals surface area contributed by atoms with Crippen molar-refractivity contribution in [3.63, 3.8) is 0 Å². The number of hydrogen-bond acceptors (Lipinski definition) is 1. The molecule has 0 bridgehead atoms. The van der Waals surface area contributed by atoms with Crippen molar-refractivity contribution in [3.8, 4) is 22.3 Å². The lowest BCUT2D eigenvalue weighted by Crippen LogP contribution is -1.85. The molecule has 1 heteroatoms. The first-order valence-corrected chi connectivity index (χ1v) is 8.87. The van der Waals surface area contributed by atoms with Crippen LogP contribution in [0.15, 0.2) is 95.4 Å². The van der Waals surface area contributed by atoms with Crippen LogP contribution in [0.3, 0.4) is 0 Å². The van der Waals surface area contributed by atoms with Gasteiger partial charge in [-0.05, 0) is 59.0 Å². The molecule has 26 heavy (non-hydrogen) atoms. The minimum absolute atomic E-state index is 0.936. The quantitative estimate of drug-likeness (QED) is 0.332. The summed E-state index contributed by atoms with van der Waals surface area (Å²) >= 11 is 0. The van der Waals surface area contributed by atoms with Gasteiger partial charge in [-0.15, -0.1) is 0 Å². The van der Waals surface area contributed by atoms with Crippen molar-refractivity contribution in [2.75, 3.05) is 0 Å². The number of fused-ring (bicyclic) bond motifs is 3. The summed E-state index contributed by atoms with van der Waals surface area (Å²) < 4.78 is 6.05. The first-order valence-electron chi connectivity index (χ1n) is 8.87. The van der Waals surface area contributed by atoms with Crippen molar-refractivity contribution in [1.82, 2.24) is 0 Å². The van der Waals surface area contributed by atoms with Crippen LogP contribution in [-0.4, -0.2) is 0 Å². The lowest BCUT2D eigenvalue weighted by atomic mass is 9.95. The smallest absolute Gasteiger partial charge is 0.136 e. The maximum atomic E-state index is 6.05. The molecule has 0 aliphatic rings. The number of benzene rings is 4. The van der Waals surface area contributed by atoms with E-state index in [-0.39, 0.29) is 0 Å². The van der Waals surface area contributed by atoms with Gasteiger partial charge in [0.05, 0.1) is 0 Å². The van der Waals surface area contributed by atoms with Crippen LogP contribution in [0.2, 0.25) is 0 Å². The Bertz CT molecular complexity index is 1230. The lowest BCUT2D eigenvalue weighted by molar-refractivity contribution is 0.669. The van der Waals surface area contributed by atoms with Gasteiger partial charge in [-0.25, -0.2) is 0 Å². The first kappa shape index (κ1) is 15.0. The molecule has 0 fully saturated rings. The van der Waals surface area contributed by atoms with Gasteiger partial charge in [-0.3, -0.25) is 0 Å².